The molecule has 1 atom stereocenters. The van der Waals surface area contributed by atoms with Crippen LogP contribution in [0.3, 0.4) is 0 Å². The normalized spacial score (nSPS) is 20.1. The monoisotopic (exact) mass is 230 g/mol. The average molecular weight is 230 g/mol. The Morgan fingerprint density at radius 3 is 3.24 bits per heavy atom. The molecular formula is C14H18N2O. The van der Waals surface area contributed by atoms with Gasteiger partial charge >= 0.3 is 0 Å². The maximum atomic E-state index is 5.58. The third kappa shape index (κ3) is 2.51. The quantitative estimate of drug-likeness (QED) is 0.846. The van der Waals surface area contributed by atoms with Gasteiger partial charge < -0.3 is 15.0 Å². The third-order valence-electron chi connectivity index (χ3n) is 3.34. The van der Waals surface area contributed by atoms with Crippen LogP contribution in [0.4, 0.5) is 0 Å². The van der Waals surface area contributed by atoms with Gasteiger partial charge in [-0.1, -0.05) is 6.07 Å². The molecule has 1 aliphatic rings. The lowest BCUT2D eigenvalue weighted by Crippen LogP contribution is -2.25. The molecule has 17 heavy (non-hydrogen) atoms. The first-order chi connectivity index (χ1) is 8.42. The number of H-pyrrole nitrogens is 1. The summed E-state index contributed by atoms with van der Waals surface area (Å²) in [6.07, 6.45) is 4.81. The van der Waals surface area contributed by atoms with Gasteiger partial charge in [0.25, 0.3) is 0 Å². The lowest BCUT2D eigenvalue weighted by atomic mass is 10.1. The van der Waals surface area contributed by atoms with Crippen molar-refractivity contribution in [3.8, 4) is 0 Å². The van der Waals surface area contributed by atoms with Crippen molar-refractivity contribution in [2.24, 2.45) is 0 Å². The fourth-order valence-corrected chi connectivity index (χ4v) is 2.40. The maximum Gasteiger partial charge on any atom is 0.0700 e. The lowest BCUT2D eigenvalue weighted by molar-refractivity contribution is 0.110. The molecule has 1 aromatic heterocycles. The van der Waals surface area contributed by atoms with Gasteiger partial charge in [-0.3, -0.25) is 0 Å². The van der Waals surface area contributed by atoms with Crippen LogP contribution in [0.2, 0.25) is 0 Å². The number of hydrogen-bond donors (Lipinski definition) is 2. The molecule has 1 unspecified atom stereocenters. The summed E-state index contributed by atoms with van der Waals surface area (Å²) in [6, 6.07) is 8.65. The molecule has 2 N–H and O–H groups in total. The largest absolute Gasteiger partial charge is 0.377 e. The highest BCUT2D eigenvalue weighted by atomic mass is 16.5. The summed E-state index contributed by atoms with van der Waals surface area (Å²) < 4.78 is 5.58. The highest BCUT2D eigenvalue weighted by Crippen LogP contribution is 2.14. The molecule has 1 aliphatic heterocycles. The zero-order chi connectivity index (χ0) is 11.5. The zero-order valence-corrected chi connectivity index (χ0v) is 9.91. The summed E-state index contributed by atoms with van der Waals surface area (Å²) in [4.78, 5) is 3.21. The van der Waals surface area contributed by atoms with Crippen molar-refractivity contribution in [1.29, 1.82) is 0 Å². The topological polar surface area (TPSA) is 37.0 Å². The molecule has 3 rings (SSSR count). The van der Waals surface area contributed by atoms with Crippen LogP contribution in [-0.2, 0) is 11.3 Å². The highest BCUT2D eigenvalue weighted by molar-refractivity contribution is 5.79. The molecule has 0 aliphatic carbocycles. The second-order valence-electron chi connectivity index (χ2n) is 4.67. The number of fused-ring (bicyclic) bond motifs is 1. The summed E-state index contributed by atoms with van der Waals surface area (Å²) in [5.41, 5.74) is 2.53. The van der Waals surface area contributed by atoms with Gasteiger partial charge in [0.2, 0.25) is 0 Å². The number of rotatable bonds is 4. The Balaban J connectivity index is 1.56. The molecular weight excluding hydrogens is 212 g/mol. The van der Waals surface area contributed by atoms with E-state index in [4.69, 9.17) is 4.74 Å². The van der Waals surface area contributed by atoms with E-state index >= 15 is 0 Å². The number of aromatic nitrogens is 1. The second kappa shape index (κ2) is 4.90. The summed E-state index contributed by atoms with van der Waals surface area (Å²) in [5, 5.41) is 4.74. The Kier molecular flexibility index (Phi) is 3.12. The molecule has 0 spiro atoms. The van der Waals surface area contributed by atoms with E-state index < -0.39 is 0 Å². The standard InChI is InChI=1S/C14H18N2O/c1-2-13(17-7-1)10-15-9-11-3-4-14-12(8-11)5-6-16-14/h3-6,8,13,15-16H,1-2,7,9-10H2. The summed E-state index contributed by atoms with van der Waals surface area (Å²) in [5.74, 6) is 0. The predicted octanol–water partition coefficient (Wildman–Crippen LogP) is 2.44. The van der Waals surface area contributed by atoms with Crippen LogP contribution in [0, 0.1) is 0 Å². The number of aromatic amines is 1. The van der Waals surface area contributed by atoms with Gasteiger partial charge in [-0.25, -0.2) is 0 Å². The molecule has 2 aromatic rings. The van der Waals surface area contributed by atoms with Crippen LogP contribution in [-0.4, -0.2) is 24.2 Å². The maximum absolute atomic E-state index is 5.58. The van der Waals surface area contributed by atoms with E-state index in [2.05, 4.69) is 34.6 Å². The van der Waals surface area contributed by atoms with E-state index in [1.807, 2.05) is 6.20 Å². The smallest absolute Gasteiger partial charge is 0.0700 e. The van der Waals surface area contributed by atoms with E-state index in [0.29, 0.717) is 6.10 Å². The van der Waals surface area contributed by atoms with Gasteiger partial charge in [0, 0.05) is 31.4 Å². The van der Waals surface area contributed by atoms with Gasteiger partial charge in [0.15, 0.2) is 0 Å². The van der Waals surface area contributed by atoms with Crippen LogP contribution in [0.25, 0.3) is 10.9 Å². The Morgan fingerprint density at radius 1 is 1.35 bits per heavy atom. The Labute approximate surface area is 101 Å². The number of benzene rings is 1. The molecule has 2 heterocycles. The van der Waals surface area contributed by atoms with Gasteiger partial charge in [-0.05, 0) is 42.0 Å². The number of hydrogen-bond acceptors (Lipinski definition) is 2. The van der Waals surface area contributed by atoms with Crippen molar-refractivity contribution in [3.63, 3.8) is 0 Å². The molecule has 0 bridgehead atoms. The van der Waals surface area contributed by atoms with E-state index in [1.165, 1.54) is 29.3 Å². The van der Waals surface area contributed by atoms with Crippen LogP contribution < -0.4 is 5.32 Å². The Morgan fingerprint density at radius 2 is 2.35 bits per heavy atom. The number of nitrogens with one attached hydrogen (secondary N) is 2. The van der Waals surface area contributed by atoms with Crippen molar-refractivity contribution in [2.75, 3.05) is 13.2 Å². The van der Waals surface area contributed by atoms with Gasteiger partial charge in [0.1, 0.15) is 0 Å². The Hall–Kier alpha value is -1.32. The van der Waals surface area contributed by atoms with Crippen molar-refractivity contribution < 1.29 is 4.74 Å². The lowest BCUT2D eigenvalue weighted by Gasteiger charge is -2.10. The van der Waals surface area contributed by atoms with Gasteiger partial charge in [-0.15, -0.1) is 0 Å². The molecule has 0 amide bonds. The van der Waals surface area contributed by atoms with Crippen LogP contribution in [0.15, 0.2) is 30.5 Å². The van der Waals surface area contributed by atoms with E-state index in [1.54, 1.807) is 0 Å². The molecule has 1 fully saturated rings. The fourth-order valence-electron chi connectivity index (χ4n) is 2.40. The van der Waals surface area contributed by atoms with Crippen LogP contribution in [0.5, 0.6) is 0 Å². The number of ether oxygens (including phenoxy) is 1. The van der Waals surface area contributed by atoms with E-state index in [0.717, 1.165) is 19.7 Å². The van der Waals surface area contributed by atoms with Crippen LogP contribution in [0.1, 0.15) is 18.4 Å². The minimum absolute atomic E-state index is 0.422. The first kappa shape index (κ1) is 10.8. The predicted molar refractivity (Wildman–Crippen MR) is 69.0 cm³/mol. The van der Waals surface area contributed by atoms with Crippen molar-refractivity contribution in [2.45, 2.75) is 25.5 Å². The first-order valence-electron chi connectivity index (χ1n) is 6.30. The van der Waals surface area contributed by atoms with Crippen LogP contribution >= 0.6 is 0 Å². The molecule has 0 saturated carbocycles. The summed E-state index contributed by atoms with van der Waals surface area (Å²) in [7, 11) is 0. The zero-order valence-electron chi connectivity index (χ0n) is 9.91. The molecule has 3 heteroatoms. The average Bonchev–Trinajstić information content (AvgIpc) is 2.98. The van der Waals surface area contributed by atoms with Gasteiger partial charge in [0.05, 0.1) is 6.10 Å². The molecule has 1 aromatic carbocycles. The van der Waals surface area contributed by atoms with Gasteiger partial charge in [-0.2, -0.15) is 0 Å². The van der Waals surface area contributed by atoms with E-state index in [9.17, 15) is 0 Å². The minimum Gasteiger partial charge on any atom is -0.377 e. The van der Waals surface area contributed by atoms with E-state index in [-0.39, 0.29) is 0 Å². The Bertz CT molecular complexity index is 486. The fraction of sp³-hybridized carbons (Fsp3) is 0.429. The summed E-state index contributed by atoms with van der Waals surface area (Å²) in [6.45, 7) is 2.81. The molecule has 1 saturated heterocycles. The first-order valence-corrected chi connectivity index (χ1v) is 6.30. The molecule has 3 nitrogen and oxygen atoms in total. The minimum atomic E-state index is 0.422. The second-order valence-corrected chi connectivity index (χ2v) is 4.67. The molecule has 0 radical (unpaired) electrons. The van der Waals surface area contributed by atoms with Crippen molar-refractivity contribution in [3.05, 3.63) is 36.0 Å². The highest BCUT2D eigenvalue weighted by Gasteiger charge is 2.14. The van der Waals surface area contributed by atoms with Crippen molar-refractivity contribution in [1.82, 2.24) is 10.3 Å². The molecule has 90 valence electrons. The third-order valence-corrected chi connectivity index (χ3v) is 3.34. The summed E-state index contributed by atoms with van der Waals surface area (Å²) >= 11 is 0. The van der Waals surface area contributed by atoms with Crippen molar-refractivity contribution >= 4 is 10.9 Å². The SMILES string of the molecule is c1cc2cc(CNCC3CCCO3)ccc2[nH]1.